The maximum absolute atomic E-state index is 6.13. The average Bonchev–Trinajstić information content (AvgIpc) is 2.37. The Hall–Kier alpha value is -1.81. The maximum Gasteiger partial charge on any atom is 0.225 e. The normalized spacial score (nSPS) is 10.3. The Morgan fingerprint density at radius 3 is 2.58 bits per heavy atom. The molecule has 100 valence electrons. The van der Waals surface area contributed by atoms with Crippen molar-refractivity contribution >= 4 is 17.5 Å². The van der Waals surface area contributed by atoms with Gasteiger partial charge in [0.15, 0.2) is 0 Å². The van der Waals surface area contributed by atoms with E-state index in [2.05, 4.69) is 15.3 Å². The molecule has 5 heteroatoms. The van der Waals surface area contributed by atoms with Crippen LogP contribution >= 0.6 is 11.6 Å². The Balaban J connectivity index is 2.23. The number of ether oxygens (including phenoxy) is 1. The van der Waals surface area contributed by atoms with Crippen LogP contribution in [0, 0.1) is 13.8 Å². The Labute approximate surface area is 117 Å². The number of aryl methyl sites for hydroxylation is 2. The first-order valence-corrected chi connectivity index (χ1v) is 6.49. The lowest BCUT2D eigenvalue weighted by Gasteiger charge is -2.09. The van der Waals surface area contributed by atoms with E-state index in [1.54, 1.807) is 12.3 Å². The van der Waals surface area contributed by atoms with Crippen molar-refractivity contribution in [2.24, 2.45) is 0 Å². The van der Waals surface area contributed by atoms with E-state index < -0.39 is 0 Å². The summed E-state index contributed by atoms with van der Waals surface area (Å²) >= 11 is 6.13. The van der Waals surface area contributed by atoms with Gasteiger partial charge in [0, 0.05) is 23.8 Å². The standard InChI is InChI=1S/C14H16ClN3O/c1-4-16-14-17-6-5-12(18-14)19-11-7-9(2)13(15)10(3)8-11/h5-8H,4H2,1-3H3,(H,16,17,18). The molecule has 4 nitrogen and oxygen atoms in total. The molecule has 0 aliphatic heterocycles. The molecule has 0 fully saturated rings. The molecule has 0 bridgehead atoms. The predicted molar refractivity (Wildman–Crippen MR) is 77.2 cm³/mol. The van der Waals surface area contributed by atoms with E-state index in [0.29, 0.717) is 11.8 Å². The summed E-state index contributed by atoms with van der Waals surface area (Å²) in [4.78, 5) is 8.36. The van der Waals surface area contributed by atoms with Crippen LogP contribution in [-0.2, 0) is 0 Å². The first-order valence-electron chi connectivity index (χ1n) is 6.11. The minimum Gasteiger partial charge on any atom is -0.439 e. The Morgan fingerprint density at radius 2 is 1.95 bits per heavy atom. The highest BCUT2D eigenvalue weighted by Crippen LogP contribution is 2.28. The molecule has 0 atom stereocenters. The van der Waals surface area contributed by atoms with Crippen molar-refractivity contribution in [3.63, 3.8) is 0 Å². The topological polar surface area (TPSA) is 47.0 Å². The average molecular weight is 278 g/mol. The number of anilines is 1. The van der Waals surface area contributed by atoms with Crippen LogP contribution in [0.4, 0.5) is 5.95 Å². The van der Waals surface area contributed by atoms with Gasteiger partial charge in [-0.15, -0.1) is 0 Å². The van der Waals surface area contributed by atoms with E-state index in [9.17, 15) is 0 Å². The van der Waals surface area contributed by atoms with Crippen LogP contribution in [0.1, 0.15) is 18.1 Å². The molecule has 2 rings (SSSR count). The second kappa shape index (κ2) is 5.89. The smallest absolute Gasteiger partial charge is 0.225 e. The van der Waals surface area contributed by atoms with Gasteiger partial charge in [0.2, 0.25) is 11.8 Å². The first-order chi connectivity index (χ1) is 9.10. The second-order valence-corrected chi connectivity index (χ2v) is 4.60. The molecule has 0 radical (unpaired) electrons. The van der Waals surface area contributed by atoms with E-state index in [-0.39, 0.29) is 0 Å². The summed E-state index contributed by atoms with van der Waals surface area (Å²) in [5, 5.41) is 3.81. The van der Waals surface area contributed by atoms with Crippen molar-refractivity contribution in [3.05, 3.63) is 40.5 Å². The molecule has 2 aromatic rings. The zero-order valence-electron chi connectivity index (χ0n) is 11.2. The molecule has 1 aromatic carbocycles. The maximum atomic E-state index is 6.13. The lowest BCUT2D eigenvalue weighted by Crippen LogP contribution is -2.02. The van der Waals surface area contributed by atoms with Gasteiger partial charge in [-0.2, -0.15) is 4.98 Å². The van der Waals surface area contributed by atoms with E-state index in [1.807, 2.05) is 32.9 Å². The van der Waals surface area contributed by atoms with Crippen molar-refractivity contribution < 1.29 is 4.74 Å². The third-order valence-corrected chi connectivity index (χ3v) is 3.19. The van der Waals surface area contributed by atoms with Gasteiger partial charge in [-0.1, -0.05) is 11.6 Å². The quantitative estimate of drug-likeness (QED) is 0.918. The van der Waals surface area contributed by atoms with Crippen LogP contribution in [-0.4, -0.2) is 16.5 Å². The molecule has 0 saturated carbocycles. The van der Waals surface area contributed by atoms with Gasteiger partial charge in [-0.3, -0.25) is 0 Å². The van der Waals surface area contributed by atoms with Gasteiger partial charge >= 0.3 is 0 Å². The fourth-order valence-electron chi connectivity index (χ4n) is 1.73. The Kier molecular flexibility index (Phi) is 4.22. The third kappa shape index (κ3) is 3.35. The van der Waals surface area contributed by atoms with E-state index in [1.165, 1.54) is 0 Å². The molecule has 0 spiro atoms. The molecule has 1 N–H and O–H groups in total. The van der Waals surface area contributed by atoms with Crippen molar-refractivity contribution in [2.45, 2.75) is 20.8 Å². The summed E-state index contributed by atoms with van der Waals surface area (Å²) in [6, 6.07) is 5.51. The summed E-state index contributed by atoms with van der Waals surface area (Å²) < 4.78 is 5.73. The van der Waals surface area contributed by atoms with E-state index >= 15 is 0 Å². The number of halogens is 1. The summed E-state index contributed by atoms with van der Waals surface area (Å²) in [5.74, 6) is 1.79. The Bertz CT molecular complexity index is 564. The fraction of sp³-hybridized carbons (Fsp3) is 0.286. The number of hydrogen-bond donors (Lipinski definition) is 1. The molecular weight excluding hydrogens is 262 g/mol. The highest BCUT2D eigenvalue weighted by atomic mass is 35.5. The second-order valence-electron chi connectivity index (χ2n) is 4.22. The van der Waals surface area contributed by atoms with Crippen molar-refractivity contribution in [3.8, 4) is 11.6 Å². The number of rotatable bonds is 4. The highest BCUT2D eigenvalue weighted by Gasteiger charge is 2.06. The van der Waals surface area contributed by atoms with Gasteiger partial charge in [0.1, 0.15) is 5.75 Å². The number of nitrogens with one attached hydrogen (secondary N) is 1. The number of benzene rings is 1. The zero-order valence-corrected chi connectivity index (χ0v) is 12.0. The molecular formula is C14H16ClN3O. The lowest BCUT2D eigenvalue weighted by molar-refractivity contribution is 0.461. The molecule has 0 aliphatic carbocycles. The largest absolute Gasteiger partial charge is 0.439 e. The predicted octanol–water partition coefficient (Wildman–Crippen LogP) is 3.97. The Morgan fingerprint density at radius 1 is 1.26 bits per heavy atom. The van der Waals surface area contributed by atoms with E-state index in [0.717, 1.165) is 28.4 Å². The fourth-order valence-corrected chi connectivity index (χ4v) is 1.84. The van der Waals surface area contributed by atoms with Crippen LogP contribution in [0.25, 0.3) is 0 Å². The molecule has 1 heterocycles. The van der Waals surface area contributed by atoms with Gasteiger partial charge in [-0.25, -0.2) is 4.98 Å². The lowest BCUT2D eigenvalue weighted by atomic mass is 10.1. The first kappa shape index (κ1) is 13.6. The van der Waals surface area contributed by atoms with Gasteiger partial charge < -0.3 is 10.1 Å². The van der Waals surface area contributed by atoms with Crippen LogP contribution in [0.2, 0.25) is 5.02 Å². The number of aromatic nitrogens is 2. The van der Waals surface area contributed by atoms with Crippen molar-refractivity contribution in [2.75, 3.05) is 11.9 Å². The van der Waals surface area contributed by atoms with Crippen molar-refractivity contribution in [1.29, 1.82) is 0 Å². The highest BCUT2D eigenvalue weighted by molar-refractivity contribution is 6.32. The van der Waals surface area contributed by atoms with Gasteiger partial charge in [-0.05, 0) is 44.0 Å². The molecule has 0 saturated heterocycles. The van der Waals surface area contributed by atoms with Gasteiger partial charge in [0.05, 0.1) is 0 Å². The summed E-state index contributed by atoms with van der Waals surface area (Å²) in [7, 11) is 0. The SMILES string of the molecule is CCNc1nccc(Oc2cc(C)c(Cl)c(C)c2)n1. The monoisotopic (exact) mass is 277 g/mol. The van der Waals surface area contributed by atoms with Crippen LogP contribution in [0.5, 0.6) is 11.6 Å². The van der Waals surface area contributed by atoms with E-state index in [4.69, 9.17) is 16.3 Å². The van der Waals surface area contributed by atoms with Crippen LogP contribution < -0.4 is 10.1 Å². The molecule has 0 unspecified atom stereocenters. The molecule has 19 heavy (non-hydrogen) atoms. The summed E-state index contributed by atoms with van der Waals surface area (Å²) in [6.07, 6.45) is 1.66. The van der Waals surface area contributed by atoms with Gasteiger partial charge in [0.25, 0.3) is 0 Å². The molecule has 1 aromatic heterocycles. The minimum atomic E-state index is 0.507. The summed E-state index contributed by atoms with van der Waals surface area (Å²) in [6.45, 7) is 6.66. The summed E-state index contributed by atoms with van der Waals surface area (Å²) in [5.41, 5.74) is 1.97. The number of nitrogens with zero attached hydrogens (tertiary/aromatic N) is 2. The molecule has 0 aliphatic rings. The van der Waals surface area contributed by atoms with Crippen molar-refractivity contribution in [1.82, 2.24) is 9.97 Å². The van der Waals surface area contributed by atoms with Crippen LogP contribution in [0.15, 0.2) is 24.4 Å². The van der Waals surface area contributed by atoms with Crippen LogP contribution in [0.3, 0.4) is 0 Å². The zero-order chi connectivity index (χ0) is 13.8. The number of hydrogen-bond acceptors (Lipinski definition) is 4. The molecule has 0 amide bonds. The third-order valence-electron chi connectivity index (χ3n) is 2.60. The minimum absolute atomic E-state index is 0.507.